The highest BCUT2D eigenvalue weighted by Crippen LogP contribution is 2.26. The first-order chi connectivity index (χ1) is 10.1. The highest BCUT2D eigenvalue weighted by Gasteiger charge is 2.33. The number of aromatic nitrogens is 2. The predicted molar refractivity (Wildman–Crippen MR) is 81.6 cm³/mol. The van der Waals surface area contributed by atoms with Crippen LogP contribution in [0.3, 0.4) is 0 Å². The molecule has 0 spiro atoms. The zero-order chi connectivity index (χ0) is 14.8. The Morgan fingerprint density at radius 3 is 2.90 bits per heavy atom. The summed E-state index contributed by atoms with van der Waals surface area (Å²) in [5.41, 5.74) is 2.57. The number of hydrogen-bond donors (Lipinski definition) is 2. The molecule has 3 atom stereocenters. The fraction of sp³-hybridized carbons (Fsp3) is 0.625. The van der Waals surface area contributed by atoms with Gasteiger partial charge in [-0.2, -0.15) is 5.10 Å². The Kier molecular flexibility index (Phi) is 4.10. The third-order valence-corrected chi connectivity index (χ3v) is 4.67. The van der Waals surface area contributed by atoms with E-state index in [1.165, 1.54) is 18.4 Å². The van der Waals surface area contributed by atoms with Gasteiger partial charge in [0.25, 0.3) is 0 Å². The highest BCUT2D eigenvalue weighted by atomic mass is 16.1. The molecule has 114 valence electrons. The molecule has 1 saturated heterocycles. The maximum atomic E-state index is 11.8. The van der Waals surface area contributed by atoms with E-state index in [-0.39, 0.29) is 18.0 Å². The van der Waals surface area contributed by atoms with Crippen molar-refractivity contribution < 1.29 is 4.79 Å². The second-order valence-electron chi connectivity index (χ2n) is 6.26. The second kappa shape index (κ2) is 6.02. The zero-order valence-corrected chi connectivity index (χ0v) is 12.8. The van der Waals surface area contributed by atoms with E-state index in [0.29, 0.717) is 12.5 Å². The van der Waals surface area contributed by atoms with Crippen LogP contribution in [-0.2, 0) is 11.8 Å². The fourth-order valence-electron chi connectivity index (χ4n) is 3.37. The summed E-state index contributed by atoms with van der Waals surface area (Å²) in [7, 11) is 1.93. The van der Waals surface area contributed by atoms with Crippen LogP contribution in [0.5, 0.6) is 0 Å². The Hall–Kier alpha value is -1.62. The third kappa shape index (κ3) is 3.18. The van der Waals surface area contributed by atoms with Crippen LogP contribution in [0.4, 0.5) is 0 Å². The van der Waals surface area contributed by atoms with Gasteiger partial charge in [0.05, 0.1) is 11.7 Å². The van der Waals surface area contributed by atoms with Gasteiger partial charge in [0.2, 0.25) is 5.91 Å². The molecular weight excluding hydrogens is 264 g/mol. The minimum atomic E-state index is 0.0192. The molecule has 21 heavy (non-hydrogen) atoms. The molecule has 1 aliphatic carbocycles. The molecular formula is C16H24N4O. The van der Waals surface area contributed by atoms with Crippen LogP contribution in [0.2, 0.25) is 0 Å². The normalized spacial score (nSPS) is 29.9. The van der Waals surface area contributed by atoms with Crippen LogP contribution in [-0.4, -0.2) is 27.8 Å². The quantitative estimate of drug-likeness (QED) is 0.834. The van der Waals surface area contributed by atoms with Crippen molar-refractivity contribution in [2.45, 2.75) is 57.2 Å². The third-order valence-electron chi connectivity index (χ3n) is 4.67. The van der Waals surface area contributed by atoms with Gasteiger partial charge in [-0.05, 0) is 38.7 Å². The van der Waals surface area contributed by atoms with Gasteiger partial charge in [0.15, 0.2) is 0 Å². The van der Waals surface area contributed by atoms with Crippen LogP contribution in [0, 0.1) is 0 Å². The van der Waals surface area contributed by atoms with Crippen molar-refractivity contribution in [3.63, 3.8) is 0 Å². The van der Waals surface area contributed by atoms with Crippen LogP contribution in [0.15, 0.2) is 23.9 Å². The van der Waals surface area contributed by atoms with E-state index in [4.69, 9.17) is 0 Å². The maximum absolute atomic E-state index is 11.8. The smallest absolute Gasteiger partial charge is 0.220 e. The Bertz CT molecular complexity index is 548. The first-order valence-electron chi connectivity index (χ1n) is 7.82. The van der Waals surface area contributed by atoms with Crippen LogP contribution in [0.25, 0.3) is 0 Å². The molecule has 3 rings (SSSR count). The van der Waals surface area contributed by atoms with E-state index in [9.17, 15) is 4.79 Å². The van der Waals surface area contributed by atoms with E-state index >= 15 is 0 Å². The van der Waals surface area contributed by atoms with Gasteiger partial charge in [0, 0.05) is 31.7 Å². The van der Waals surface area contributed by atoms with Crippen LogP contribution >= 0.6 is 0 Å². The molecule has 0 aromatic carbocycles. The molecule has 0 saturated carbocycles. The first-order valence-corrected chi connectivity index (χ1v) is 7.82. The molecule has 0 bridgehead atoms. The molecule has 1 aromatic rings. The molecule has 1 amide bonds. The summed E-state index contributed by atoms with van der Waals surface area (Å²) < 4.78 is 1.86. The Morgan fingerprint density at radius 1 is 1.38 bits per heavy atom. The molecule has 2 heterocycles. The van der Waals surface area contributed by atoms with Crippen molar-refractivity contribution in [1.82, 2.24) is 20.4 Å². The van der Waals surface area contributed by atoms with Crippen molar-refractivity contribution in [3.05, 3.63) is 29.6 Å². The lowest BCUT2D eigenvalue weighted by Gasteiger charge is -2.36. The summed E-state index contributed by atoms with van der Waals surface area (Å²) in [6.07, 6.45) is 9.07. The van der Waals surface area contributed by atoms with Crippen LogP contribution < -0.4 is 10.6 Å². The van der Waals surface area contributed by atoms with Crippen molar-refractivity contribution in [1.29, 1.82) is 0 Å². The van der Waals surface area contributed by atoms with Gasteiger partial charge in [-0.25, -0.2) is 0 Å². The Balaban J connectivity index is 1.72. The monoisotopic (exact) mass is 288 g/mol. The molecule has 1 aliphatic heterocycles. The summed E-state index contributed by atoms with van der Waals surface area (Å²) in [5.74, 6) is 0.138. The van der Waals surface area contributed by atoms with Crippen LogP contribution in [0.1, 0.15) is 50.8 Å². The zero-order valence-electron chi connectivity index (χ0n) is 12.8. The van der Waals surface area contributed by atoms with E-state index in [2.05, 4.69) is 28.7 Å². The van der Waals surface area contributed by atoms with Gasteiger partial charge >= 0.3 is 0 Å². The topological polar surface area (TPSA) is 59.0 Å². The summed E-state index contributed by atoms with van der Waals surface area (Å²) in [4.78, 5) is 11.8. The van der Waals surface area contributed by atoms with Gasteiger partial charge < -0.3 is 10.6 Å². The number of nitrogens with zero attached hydrogens (tertiary/aromatic N) is 2. The Labute approximate surface area is 125 Å². The molecule has 2 N–H and O–H groups in total. The summed E-state index contributed by atoms with van der Waals surface area (Å²) in [6.45, 7) is 2.20. The molecule has 1 fully saturated rings. The molecule has 1 aromatic heterocycles. The summed E-state index contributed by atoms with van der Waals surface area (Å²) in [6, 6.07) is 2.82. The standard InChI is InChI=1S/C16H24N4O/c1-11-3-5-12(6-4-11)18-13-7-8-15(21)19-16(13)14-9-10-17-20(14)2/h3,9-10,12-13,16,18H,4-8H2,1-2H3,(H,19,21)/t12?,13-,16-/m1/s1. The van der Waals surface area contributed by atoms with Gasteiger partial charge in [-0.1, -0.05) is 11.6 Å². The lowest BCUT2D eigenvalue weighted by atomic mass is 9.91. The number of carbonyl (C=O) groups excluding carboxylic acids is 1. The Morgan fingerprint density at radius 2 is 2.24 bits per heavy atom. The molecule has 1 unspecified atom stereocenters. The molecule has 0 radical (unpaired) electrons. The number of amides is 1. The lowest BCUT2D eigenvalue weighted by Crippen LogP contribution is -2.52. The number of carbonyl (C=O) groups is 1. The predicted octanol–water partition coefficient (Wildman–Crippen LogP) is 1.83. The lowest BCUT2D eigenvalue weighted by molar-refractivity contribution is -0.124. The van der Waals surface area contributed by atoms with E-state index in [1.54, 1.807) is 6.20 Å². The van der Waals surface area contributed by atoms with Crippen molar-refractivity contribution in [3.8, 4) is 0 Å². The number of piperidine rings is 1. The number of allylic oxidation sites excluding steroid dienone is 1. The van der Waals surface area contributed by atoms with Crippen molar-refractivity contribution in [2.75, 3.05) is 0 Å². The van der Waals surface area contributed by atoms with E-state index in [1.807, 2.05) is 17.8 Å². The van der Waals surface area contributed by atoms with Crippen molar-refractivity contribution >= 4 is 5.91 Å². The summed E-state index contributed by atoms with van der Waals surface area (Å²) >= 11 is 0. The minimum Gasteiger partial charge on any atom is -0.346 e. The summed E-state index contributed by atoms with van der Waals surface area (Å²) in [5, 5.41) is 11.1. The number of rotatable bonds is 3. The number of hydrogen-bond acceptors (Lipinski definition) is 3. The highest BCUT2D eigenvalue weighted by molar-refractivity contribution is 5.77. The SMILES string of the molecule is CC1=CCC(N[C@@H]2CCC(=O)N[C@H]2c2ccnn2C)CC1. The van der Waals surface area contributed by atoms with E-state index in [0.717, 1.165) is 18.5 Å². The maximum Gasteiger partial charge on any atom is 0.220 e. The fourth-order valence-corrected chi connectivity index (χ4v) is 3.37. The van der Waals surface area contributed by atoms with Gasteiger partial charge in [-0.15, -0.1) is 0 Å². The number of nitrogens with one attached hydrogen (secondary N) is 2. The minimum absolute atomic E-state index is 0.0192. The van der Waals surface area contributed by atoms with Crippen molar-refractivity contribution in [2.24, 2.45) is 7.05 Å². The molecule has 5 nitrogen and oxygen atoms in total. The largest absolute Gasteiger partial charge is 0.346 e. The van der Waals surface area contributed by atoms with Gasteiger partial charge in [-0.3, -0.25) is 9.48 Å². The molecule has 5 heteroatoms. The van der Waals surface area contributed by atoms with Gasteiger partial charge in [0.1, 0.15) is 0 Å². The average molecular weight is 288 g/mol. The first kappa shape index (κ1) is 14.3. The van der Waals surface area contributed by atoms with E-state index < -0.39 is 0 Å². The molecule has 2 aliphatic rings. The second-order valence-corrected chi connectivity index (χ2v) is 6.26. The average Bonchev–Trinajstić information content (AvgIpc) is 2.89. The number of aryl methyl sites for hydroxylation is 1.